The second-order valence-electron chi connectivity index (χ2n) is 15.1. The molecule has 2 aromatic carbocycles. The molecule has 2 fully saturated rings. The molecule has 14 nitrogen and oxygen atoms in total. The van der Waals surface area contributed by atoms with Gasteiger partial charge in [0.1, 0.15) is 17.9 Å². The molecule has 2 aliphatic heterocycles. The number of terminal acetylenes is 2. The lowest BCUT2D eigenvalue weighted by atomic mass is 10.0. The van der Waals surface area contributed by atoms with Gasteiger partial charge >= 0.3 is 6.09 Å². The highest BCUT2D eigenvalue weighted by Crippen LogP contribution is 2.31. The van der Waals surface area contributed by atoms with Gasteiger partial charge in [-0.1, -0.05) is 72.1 Å². The van der Waals surface area contributed by atoms with Crippen LogP contribution in [0, 0.1) is 36.9 Å². The summed E-state index contributed by atoms with van der Waals surface area (Å²) < 4.78 is 20.3. The minimum Gasteiger partial charge on any atom is -0.453 e. The minimum absolute atomic E-state index is 0.00194. The molecule has 3 heterocycles. The Kier molecular flexibility index (Phi) is 26.6. The van der Waals surface area contributed by atoms with E-state index in [0.29, 0.717) is 37.2 Å². The van der Waals surface area contributed by atoms with Gasteiger partial charge in [0.15, 0.2) is 0 Å². The third-order valence-corrected chi connectivity index (χ3v) is 9.86. The molecule has 15 heteroatoms. The standard InChI is InChI=1S/C33H32FN5O4.C11H20N2O3.C3H8.C2H6.C2H2/c1-4-26(36-21-40)12-7-22(2)29-17-18-30(39(29)28-15-10-25(34)11-16-28)24-8-13-27(14-9-24)37-33(43)31-6-5-19-38(31)32(42)20-35-23(3)41;1-8(2)9(12-11(15)16-3)10(14)13-6-4-5-7-13;1-3-2;2*1-2/h1,7-18,21,31H,5-6,19-20H2,2-3H3,(H,35,41)(H,36,40)(H,37,43);8-9H,4-7H2,1-3H3,(H,12,15);3H2,1-2H3;1-2H3;1-2H/b22-7+,26-12+;;;;/t31-;;;;/m0..../s1. The number of halogens is 1. The number of allylic oxidation sites excluding steroid dienone is 4. The van der Waals surface area contributed by atoms with E-state index in [9.17, 15) is 33.2 Å². The molecule has 66 heavy (non-hydrogen) atoms. The van der Waals surface area contributed by atoms with Gasteiger partial charge in [-0.3, -0.25) is 24.0 Å². The number of amides is 6. The second kappa shape index (κ2) is 30.9. The number of anilines is 1. The highest BCUT2D eigenvalue weighted by atomic mass is 19.1. The third kappa shape index (κ3) is 17.8. The molecule has 4 N–H and O–H groups in total. The van der Waals surface area contributed by atoms with E-state index in [1.807, 2.05) is 63.5 Å². The van der Waals surface area contributed by atoms with E-state index in [-0.39, 0.29) is 41.9 Å². The SMILES string of the molecule is C#C.C#C/C(=C\C=C(/C)c1ccc(-c2ccc(NC(=O)[C@@H]3CCCN3C(=O)CNC(C)=O)cc2)n1-c1ccc(F)cc1)NC=O.CC.CCC.COC(=O)NC(C(=O)N1CCCC1)C(C)C. The molecule has 0 saturated carbocycles. The molecule has 1 unspecified atom stereocenters. The lowest BCUT2D eigenvalue weighted by molar-refractivity contribution is -0.136. The van der Waals surface area contributed by atoms with Gasteiger partial charge in [-0.2, -0.15) is 0 Å². The van der Waals surface area contributed by atoms with E-state index in [2.05, 4.69) is 58.6 Å². The predicted molar refractivity (Wildman–Crippen MR) is 260 cm³/mol. The number of benzene rings is 2. The molecule has 6 amide bonds. The predicted octanol–water partition coefficient (Wildman–Crippen LogP) is 7.70. The molecule has 2 aliphatic rings. The van der Waals surface area contributed by atoms with Crippen LogP contribution in [0.5, 0.6) is 0 Å². The van der Waals surface area contributed by atoms with Crippen molar-refractivity contribution in [1.82, 2.24) is 30.3 Å². The van der Waals surface area contributed by atoms with E-state index in [1.165, 1.54) is 37.5 Å². The summed E-state index contributed by atoms with van der Waals surface area (Å²) in [5.41, 5.74) is 4.95. The summed E-state index contributed by atoms with van der Waals surface area (Å²) in [5, 5.41) is 10.4. The number of ether oxygens (including phenoxy) is 1. The summed E-state index contributed by atoms with van der Waals surface area (Å²) in [6.07, 6.45) is 21.4. The lowest BCUT2D eigenvalue weighted by Crippen LogP contribution is -2.50. The van der Waals surface area contributed by atoms with E-state index < -0.39 is 18.2 Å². The second-order valence-corrected chi connectivity index (χ2v) is 15.1. The molecular formula is C51H68FN7O7. The number of alkyl carbamates (subject to hydrolysis) is 1. The first-order valence-electron chi connectivity index (χ1n) is 22.1. The van der Waals surface area contributed by atoms with Crippen molar-refractivity contribution in [3.05, 3.63) is 90.0 Å². The number of rotatable bonds is 13. The number of likely N-dealkylation sites (tertiary alicyclic amines) is 2. The zero-order chi connectivity index (χ0) is 49.8. The van der Waals surface area contributed by atoms with Gasteiger partial charge in [0, 0.05) is 43.6 Å². The summed E-state index contributed by atoms with van der Waals surface area (Å²) in [7, 11) is 1.30. The van der Waals surface area contributed by atoms with Crippen LogP contribution < -0.4 is 21.3 Å². The maximum atomic E-state index is 13.8. The van der Waals surface area contributed by atoms with E-state index in [0.717, 1.165) is 54.1 Å². The highest BCUT2D eigenvalue weighted by molar-refractivity contribution is 5.98. The molecule has 0 aliphatic carbocycles. The first-order valence-corrected chi connectivity index (χ1v) is 22.1. The quantitative estimate of drug-likeness (QED) is 0.0774. The smallest absolute Gasteiger partial charge is 0.407 e. The molecule has 5 rings (SSSR count). The molecular weight excluding hydrogens is 842 g/mol. The summed E-state index contributed by atoms with van der Waals surface area (Å²) in [6.45, 7) is 17.2. The number of hydrogen-bond acceptors (Lipinski definition) is 7. The van der Waals surface area contributed by atoms with Crippen molar-refractivity contribution in [2.24, 2.45) is 5.92 Å². The number of carbonyl (C=O) groups excluding carboxylic acids is 6. The Labute approximate surface area is 390 Å². The Morgan fingerprint density at radius 2 is 1.50 bits per heavy atom. The van der Waals surface area contributed by atoms with Crippen molar-refractivity contribution in [2.75, 3.05) is 38.6 Å². The molecule has 0 bridgehead atoms. The van der Waals surface area contributed by atoms with Crippen LogP contribution in [0.25, 0.3) is 22.5 Å². The van der Waals surface area contributed by atoms with Crippen LogP contribution in [0.4, 0.5) is 14.9 Å². The van der Waals surface area contributed by atoms with Crippen LogP contribution in [-0.4, -0.2) is 95.9 Å². The Balaban J connectivity index is 0.000000786. The van der Waals surface area contributed by atoms with Gasteiger partial charge < -0.3 is 40.4 Å². The first kappa shape index (κ1) is 56.9. The Morgan fingerprint density at radius 1 is 0.894 bits per heavy atom. The lowest BCUT2D eigenvalue weighted by Gasteiger charge is -2.26. The van der Waals surface area contributed by atoms with Crippen LogP contribution in [0.15, 0.2) is 78.5 Å². The van der Waals surface area contributed by atoms with E-state index >= 15 is 0 Å². The van der Waals surface area contributed by atoms with Crippen molar-refractivity contribution in [3.63, 3.8) is 0 Å². The molecule has 0 radical (unpaired) electrons. The molecule has 2 saturated heterocycles. The van der Waals surface area contributed by atoms with Crippen LogP contribution in [0.3, 0.4) is 0 Å². The zero-order valence-corrected chi connectivity index (χ0v) is 39.9. The first-order chi connectivity index (χ1) is 31.7. The molecule has 0 spiro atoms. The number of carbonyl (C=O) groups is 6. The molecule has 2 atom stereocenters. The molecule has 356 valence electrons. The molecule has 1 aromatic heterocycles. The van der Waals surface area contributed by atoms with Gasteiger partial charge in [0.2, 0.25) is 30.0 Å². The van der Waals surface area contributed by atoms with E-state index in [1.54, 1.807) is 41.3 Å². The number of nitrogens with one attached hydrogen (secondary N) is 4. The van der Waals surface area contributed by atoms with E-state index in [4.69, 9.17) is 6.42 Å². The number of hydrogen-bond donors (Lipinski definition) is 4. The minimum atomic E-state index is -0.611. The third-order valence-electron chi connectivity index (χ3n) is 9.86. The van der Waals surface area contributed by atoms with Gasteiger partial charge in [0.05, 0.1) is 25.0 Å². The summed E-state index contributed by atoms with van der Waals surface area (Å²) in [5.74, 6) is 1.22. The van der Waals surface area contributed by atoms with Crippen molar-refractivity contribution in [2.45, 2.75) is 99.6 Å². The van der Waals surface area contributed by atoms with Crippen LogP contribution in [0.1, 0.15) is 93.2 Å². The average Bonchev–Trinajstić information content (AvgIpc) is 4.14. The highest BCUT2D eigenvalue weighted by Gasteiger charge is 2.34. The van der Waals surface area contributed by atoms with Crippen LogP contribution >= 0.6 is 0 Å². The van der Waals surface area contributed by atoms with Gasteiger partial charge in [0.25, 0.3) is 0 Å². The van der Waals surface area contributed by atoms with Crippen LogP contribution in [-0.2, 0) is 28.7 Å². The van der Waals surface area contributed by atoms with Crippen molar-refractivity contribution in [1.29, 1.82) is 0 Å². The topological polar surface area (TPSA) is 171 Å². The normalized spacial score (nSPS) is 14.4. The maximum Gasteiger partial charge on any atom is 0.407 e. The summed E-state index contributed by atoms with van der Waals surface area (Å²) in [4.78, 5) is 74.1. The number of nitrogens with zero attached hydrogens (tertiary/aromatic N) is 3. The van der Waals surface area contributed by atoms with Gasteiger partial charge in [-0.25, -0.2) is 9.18 Å². The zero-order valence-electron chi connectivity index (χ0n) is 39.9. The fourth-order valence-electron chi connectivity index (χ4n) is 6.76. The Hall–Kier alpha value is -7.13. The van der Waals surface area contributed by atoms with Crippen molar-refractivity contribution >= 4 is 47.4 Å². The maximum absolute atomic E-state index is 13.8. The van der Waals surface area contributed by atoms with Crippen molar-refractivity contribution < 1.29 is 37.9 Å². The van der Waals surface area contributed by atoms with Gasteiger partial charge in [-0.15, -0.1) is 19.3 Å². The average molecular weight is 910 g/mol. The van der Waals surface area contributed by atoms with Crippen LogP contribution in [0.2, 0.25) is 0 Å². The fourth-order valence-corrected chi connectivity index (χ4v) is 6.76. The fraction of sp³-hybridized carbons (Fsp3) is 0.412. The summed E-state index contributed by atoms with van der Waals surface area (Å²) >= 11 is 0. The Morgan fingerprint density at radius 3 is 2.03 bits per heavy atom. The largest absolute Gasteiger partial charge is 0.453 e. The summed E-state index contributed by atoms with van der Waals surface area (Å²) in [6, 6.07) is 16.2. The van der Waals surface area contributed by atoms with Gasteiger partial charge in [-0.05, 0) is 104 Å². The molecule has 3 aromatic rings. The number of aromatic nitrogens is 1. The van der Waals surface area contributed by atoms with Crippen molar-refractivity contribution in [3.8, 4) is 42.1 Å². The Bertz CT molecular complexity index is 2150. The monoisotopic (exact) mass is 910 g/mol. The number of methoxy groups -OCH3 is 1.